The van der Waals surface area contributed by atoms with Gasteiger partial charge in [0.25, 0.3) is 0 Å². The highest BCUT2D eigenvalue weighted by molar-refractivity contribution is 7.90. The van der Waals surface area contributed by atoms with Crippen molar-refractivity contribution in [2.75, 3.05) is 18.4 Å². The summed E-state index contributed by atoms with van der Waals surface area (Å²) in [5, 5.41) is 4.12. The number of para-hydroxylation sites is 1. The van der Waals surface area contributed by atoms with E-state index in [4.69, 9.17) is 0 Å². The minimum Gasteiger partial charge on any atom is -0.384 e. The SMILES string of the molecule is CC(C)S(=O)(=O)NCCCCCNc1cnc2ccccc2c1. The summed E-state index contributed by atoms with van der Waals surface area (Å²) in [4.78, 5) is 4.41. The highest BCUT2D eigenvalue weighted by Gasteiger charge is 2.13. The van der Waals surface area contributed by atoms with E-state index in [9.17, 15) is 8.42 Å². The topological polar surface area (TPSA) is 71.1 Å². The molecule has 6 heteroatoms. The lowest BCUT2D eigenvalue weighted by molar-refractivity contribution is 0.566. The zero-order valence-corrected chi connectivity index (χ0v) is 14.6. The van der Waals surface area contributed by atoms with Crippen LogP contribution in [-0.2, 0) is 10.0 Å². The van der Waals surface area contributed by atoms with Crippen molar-refractivity contribution in [3.63, 3.8) is 0 Å². The van der Waals surface area contributed by atoms with E-state index in [1.165, 1.54) is 0 Å². The van der Waals surface area contributed by atoms with E-state index in [2.05, 4.69) is 21.1 Å². The largest absolute Gasteiger partial charge is 0.384 e. The summed E-state index contributed by atoms with van der Waals surface area (Å²) < 4.78 is 25.8. The molecule has 1 aromatic heterocycles. The summed E-state index contributed by atoms with van der Waals surface area (Å²) in [6.07, 6.45) is 4.67. The Morgan fingerprint density at radius 2 is 1.83 bits per heavy atom. The zero-order chi connectivity index (χ0) is 16.7. The molecule has 0 atom stereocenters. The number of pyridine rings is 1. The molecule has 126 valence electrons. The van der Waals surface area contributed by atoms with E-state index >= 15 is 0 Å². The lowest BCUT2D eigenvalue weighted by Crippen LogP contribution is -2.31. The molecule has 0 saturated carbocycles. The monoisotopic (exact) mass is 335 g/mol. The molecule has 5 nitrogen and oxygen atoms in total. The van der Waals surface area contributed by atoms with Crippen LogP contribution in [0.25, 0.3) is 10.9 Å². The molecular weight excluding hydrogens is 310 g/mol. The van der Waals surface area contributed by atoms with Gasteiger partial charge < -0.3 is 5.32 Å². The fraction of sp³-hybridized carbons (Fsp3) is 0.471. The maximum Gasteiger partial charge on any atom is 0.213 e. The molecule has 0 amide bonds. The van der Waals surface area contributed by atoms with Crippen molar-refractivity contribution in [3.8, 4) is 0 Å². The second kappa shape index (κ2) is 8.26. The van der Waals surface area contributed by atoms with Gasteiger partial charge in [0.05, 0.1) is 22.7 Å². The number of nitrogens with zero attached hydrogens (tertiary/aromatic N) is 1. The van der Waals surface area contributed by atoms with Crippen molar-refractivity contribution in [2.24, 2.45) is 0 Å². The average Bonchev–Trinajstić information content (AvgIpc) is 2.53. The molecule has 2 N–H and O–H groups in total. The lowest BCUT2D eigenvalue weighted by atomic mass is 10.2. The van der Waals surface area contributed by atoms with Crippen molar-refractivity contribution < 1.29 is 8.42 Å². The van der Waals surface area contributed by atoms with E-state index in [0.717, 1.165) is 42.4 Å². The summed E-state index contributed by atoms with van der Waals surface area (Å²) in [5.41, 5.74) is 2.01. The van der Waals surface area contributed by atoms with Crippen LogP contribution in [0.15, 0.2) is 36.5 Å². The molecule has 0 aliphatic carbocycles. The van der Waals surface area contributed by atoms with Gasteiger partial charge in [0.1, 0.15) is 0 Å². The molecular formula is C17H25N3O2S. The Morgan fingerprint density at radius 1 is 1.09 bits per heavy atom. The van der Waals surface area contributed by atoms with Gasteiger partial charge in [-0.2, -0.15) is 0 Å². The normalized spacial score (nSPS) is 12.0. The molecule has 0 fully saturated rings. The standard InChI is InChI=1S/C17H25N3O2S/c1-14(2)23(21,22)20-11-7-3-6-10-18-16-12-15-8-4-5-9-17(15)19-13-16/h4-5,8-9,12-14,18,20H,3,6-7,10-11H2,1-2H3. The zero-order valence-electron chi connectivity index (χ0n) is 13.7. The van der Waals surface area contributed by atoms with Crippen LogP contribution in [-0.4, -0.2) is 31.7 Å². The maximum absolute atomic E-state index is 11.6. The van der Waals surface area contributed by atoms with Crippen LogP contribution in [0.1, 0.15) is 33.1 Å². The number of hydrogen-bond acceptors (Lipinski definition) is 4. The molecule has 0 aliphatic rings. The quantitative estimate of drug-likeness (QED) is 0.691. The molecule has 0 bridgehead atoms. The van der Waals surface area contributed by atoms with Crippen molar-refractivity contribution in [1.82, 2.24) is 9.71 Å². The van der Waals surface area contributed by atoms with Gasteiger partial charge in [0.15, 0.2) is 0 Å². The Labute approximate surface area is 138 Å². The molecule has 1 heterocycles. The number of fused-ring (bicyclic) bond motifs is 1. The van der Waals surface area contributed by atoms with E-state index in [1.54, 1.807) is 13.8 Å². The first-order valence-corrected chi connectivity index (χ1v) is 9.61. The average molecular weight is 335 g/mol. The Kier molecular flexibility index (Phi) is 6.36. The Bertz CT molecular complexity index is 729. The number of anilines is 1. The van der Waals surface area contributed by atoms with Gasteiger partial charge in [0.2, 0.25) is 10.0 Å². The molecule has 1 aromatic carbocycles. The molecule has 0 saturated heterocycles. The number of rotatable bonds is 9. The Morgan fingerprint density at radius 3 is 2.61 bits per heavy atom. The van der Waals surface area contributed by atoms with Crippen LogP contribution in [0.5, 0.6) is 0 Å². The van der Waals surface area contributed by atoms with E-state index in [0.29, 0.717) is 6.54 Å². The summed E-state index contributed by atoms with van der Waals surface area (Å²) in [5.74, 6) is 0. The highest BCUT2D eigenvalue weighted by atomic mass is 32.2. The summed E-state index contributed by atoms with van der Waals surface area (Å²) in [6, 6.07) is 10.1. The number of benzene rings is 1. The van der Waals surface area contributed by atoms with Crippen LogP contribution < -0.4 is 10.0 Å². The summed E-state index contributed by atoms with van der Waals surface area (Å²) in [7, 11) is -3.13. The first kappa shape index (κ1) is 17.7. The molecule has 2 rings (SSSR count). The predicted octanol–water partition coefficient (Wildman–Crippen LogP) is 3.14. The third kappa shape index (κ3) is 5.48. The van der Waals surface area contributed by atoms with Gasteiger partial charge in [-0.1, -0.05) is 24.6 Å². The first-order chi connectivity index (χ1) is 11.0. The number of hydrogen-bond donors (Lipinski definition) is 2. The van der Waals surface area contributed by atoms with Gasteiger partial charge >= 0.3 is 0 Å². The first-order valence-electron chi connectivity index (χ1n) is 8.06. The fourth-order valence-electron chi connectivity index (χ4n) is 2.21. The van der Waals surface area contributed by atoms with E-state index in [1.807, 2.05) is 30.5 Å². The second-order valence-corrected chi connectivity index (χ2v) is 8.21. The van der Waals surface area contributed by atoms with Crippen molar-refractivity contribution in [3.05, 3.63) is 36.5 Å². The van der Waals surface area contributed by atoms with E-state index < -0.39 is 10.0 Å². The fourth-order valence-corrected chi connectivity index (χ4v) is 2.97. The van der Waals surface area contributed by atoms with Crippen LogP contribution in [0.2, 0.25) is 0 Å². The van der Waals surface area contributed by atoms with Gasteiger partial charge in [0, 0.05) is 18.5 Å². The van der Waals surface area contributed by atoms with Gasteiger partial charge in [-0.25, -0.2) is 13.1 Å². The van der Waals surface area contributed by atoms with E-state index in [-0.39, 0.29) is 5.25 Å². The number of sulfonamides is 1. The molecule has 0 unspecified atom stereocenters. The van der Waals surface area contributed by atoms with Gasteiger partial charge in [-0.3, -0.25) is 4.98 Å². The predicted molar refractivity (Wildman–Crippen MR) is 96.1 cm³/mol. The van der Waals surface area contributed by atoms with Crippen molar-refractivity contribution in [1.29, 1.82) is 0 Å². The number of aromatic nitrogens is 1. The molecule has 2 aromatic rings. The lowest BCUT2D eigenvalue weighted by Gasteiger charge is -2.10. The van der Waals surface area contributed by atoms with Crippen molar-refractivity contribution >= 4 is 26.6 Å². The molecule has 0 aliphatic heterocycles. The third-order valence-electron chi connectivity index (χ3n) is 3.70. The van der Waals surface area contributed by atoms with Gasteiger partial charge in [-0.15, -0.1) is 0 Å². The van der Waals surface area contributed by atoms with Crippen LogP contribution in [0.3, 0.4) is 0 Å². The third-order valence-corrected chi connectivity index (χ3v) is 5.54. The second-order valence-electron chi connectivity index (χ2n) is 5.89. The summed E-state index contributed by atoms with van der Waals surface area (Å²) >= 11 is 0. The van der Waals surface area contributed by atoms with Crippen LogP contribution >= 0.6 is 0 Å². The Hall–Kier alpha value is -1.66. The molecule has 0 spiro atoms. The summed E-state index contributed by atoms with van der Waals surface area (Å²) in [6.45, 7) is 4.74. The molecule has 0 radical (unpaired) electrons. The highest BCUT2D eigenvalue weighted by Crippen LogP contribution is 2.16. The van der Waals surface area contributed by atoms with Crippen LogP contribution in [0.4, 0.5) is 5.69 Å². The van der Waals surface area contributed by atoms with Crippen LogP contribution in [0, 0.1) is 0 Å². The Balaban J connectivity index is 1.65. The maximum atomic E-state index is 11.6. The number of unbranched alkanes of at least 4 members (excludes halogenated alkanes) is 2. The number of nitrogens with one attached hydrogen (secondary N) is 2. The minimum atomic E-state index is -3.13. The smallest absolute Gasteiger partial charge is 0.213 e. The minimum absolute atomic E-state index is 0.371. The van der Waals surface area contributed by atoms with Crippen molar-refractivity contribution in [2.45, 2.75) is 38.4 Å². The molecule has 23 heavy (non-hydrogen) atoms. The van der Waals surface area contributed by atoms with Gasteiger partial charge in [-0.05, 0) is 38.8 Å².